The molecular weight excluding hydrogens is 356 g/mol. The first-order chi connectivity index (χ1) is 9.83. The third-order valence-corrected chi connectivity index (χ3v) is 4.95. The maximum Gasteiger partial charge on any atom is 0.263 e. The van der Waals surface area contributed by atoms with Crippen LogP contribution in [0.4, 0.5) is 11.4 Å². The maximum atomic E-state index is 12.3. The Kier molecular flexibility index (Phi) is 4.16. The van der Waals surface area contributed by atoms with Crippen LogP contribution in [0.1, 0.15) is 11.1 Å². The molecule has 8 heteroatoms. The Morgan fingerprint density at radius 2 is 2.10 bits per heavy atom. The smallest absolute Gasteiger partial charge is 0.263 e. The Labute approximate surface area is 130 Å². The lowest BCUT2D eigenvalue weighted by molar-refractivity contribution is 0.601. The number of nitriles is 1. The average molecular weight is 367 g/mol. The Morgan fingerprint density at radius 3 is 2.71 bits per heavy atom. The average Bonchev–Trinajstić information content (AvgIpc) is 2.42. The highest BCUT2D eigenvalue weighted by Gasteiger charge is 2.19. The highest BCUT2D eigenvalue weighted by molar-refractivity contribution is 9.10. The molecule has 0 saturated carbocycles. The second-order valence-corrected chi connectivity index (χ2v) is 6.71. The summed E-state index contributed by atoms with van der Waals surface area (Å²) in [7, 11) is -3.89. The Hall–Kier alpha value is -2.11. The summed E-state index contributed by atoms with van der Waals surface area (Å²) in [4.78, 5) is 3.89. The van der Waals surface area contributed by atoms with Gasteiger partial charge in [0.1, 0.15) is 15.6 Å². The van der Waals surface area contributed by atoms with E-state index in [2.05, 4.69) is 25.6 Å². The van der Waals surface area contributed by atoms with Crippen LogP contribution in [0.3, 0.4) is 0 Å². The number of nitrogen functional groups attached to an aromatic ring is 1. The Bertz CT molecular complexity index is 844. The lowest BCUT2D eigenvalue weighted by Crippen LogP contribution is -2.15. The molecule has 0 radical (unpaired) electrons. The van der Waals surface area contributed by atoms with Gasteiger partial charge < -0.3 is 5.73 Å². The predicted molar refractivity (Wildman–Crippen MR) is 83.1 cm³/mol. The second kappa shape index (κ2) is 5.71. The van der Waals surface area contributed by atoms with Crippen LogP contribution in [0.5, 0.6) is 0 Å². The first kappa shape index (κ1) is 15.3. The fourth-order valence-corrected chi connectivity index (χ4v) is 3.08. The number of hydrogen-bond acceptors (Lipinski definition) is 5. The molecule has 0 spiro atoms. The summed E-state index contributed by atoms with van der Waals surface area (Å²) in [5, 5.41) is 9.04. The minimum atomic E-state index is -3.89. The fourth-order valence-electron chi connectivity index (χ4n) is 1.69. The van der Waals surface area contributed by atoms with Crippen molar-refractivity contribution in [3.8, 4) is 6.07 Å². The molecule has 108 valence electrons. The first-order valence-electron chi connectivity index (χ1n) is 5.78. The number of nitrogens with two attached hydrogens (primary N) is 1. The van der Waals surface area contributed by atoms with Crippen LogP contribution < -0.4 is 10.5 Å². The van der Waals surface area contributed by atoms with E-state index in [1.165, 1.54) is 24.4 Å². The molecule has 0 aliphatic carbocycles. The first-order valence-corrected chi connectivity index (χ1v) is 8.05. The van der Waals surface area contributed by atoms with E-state index in [0.29, 0.717) is 16.0 Å². The van der Waals surface area contributed by atoms with E-state index in [1.807, 2.05) is 6.07 Å². The van der Waals surface area contributed by atoms with Gasteiger partial charge in [0.2, 0.25) is 0 Å². The zero-order valence-electron chi connectivity index (χ0n) is 11.0. The van der Waals surface area contributed by atoms with Gasteiger partial charge in [-0.3, -0.25) is 4.72 Å². The van der Waals surface area contributed by atoms with Crippen molar-refractivity contribution >= 4 is 37.3 Å². The van der Waals surface area contributed by atoms with Crippen molar-refractivity contribution in [2.75, 3.05) is 10.5 Å². The van der Waals surface area contributed by atoms with Gasteiger partial charge in [-0.1, -0.05) is 0 Å². The molecule has 1 aromatic carbocycles. The molecule has 0 fully saturated rings. The molecule has 0 atom stereocenters. The Balaban J connectivity index is 2.43. The fraction of sp³-hybridized carbons (Fsp3) is 0.0769. The minimum Gasteiger partial charge on any atom is -0.399 e. The van der Waals surface area contributed by atoms with E-state index in [-0.39, 0.29) is 10.5 Å². The van der Waals surface area contributed by atoms with Crippen LogP contribution in [-0.2, 0) is 10.0 Å². The highest BCUT2D eigenvalue weighted by Crippen LogP contribution is 2.23. The van der Waals surface area contributed by atoms with Gasteiger partial charge in [-0.15, -0.1) is 0 Å². The molecule has 0 aliphatic rings. The van der Waals surface area contributed by atoms with Crippen LogP contribution in [0.2, 0.25) is 0 Å². The van der Waals surface area contributed by atoms with E-state index in [4.69, 9.17) is 11.0 Å². The zero-order chi connectivity index (χ0) is 15.6. The number of nitrogens with zero attached hydrogens (tertiary/aromatic N) is 2. The largest absolute Gasteiger partial charge is 0.399 e. The summed E-state index contributed by atoms with van der Waals surface area (Å²) in [6.07, 6.45) is 1.39. The number of benzene rings is 1. The quantitative estimate of drug-likeness (QED) is 0.640. The van der Waals surface area contributed by atoms with Crippen LogP contribution >= 0.6 is 15.9 Å². The van der Waals surface area contributed by atoms with Gasteiger partial charge in [-0.05, 0) is 52.7 Å². The number of pyridine rings is 1. The van der Waals surface area contributed by atoms with Crippen LogP contribution in [0.25, 0.3) is 0 Å². The molecule has 21 heavy (non-hydrogen) atoms. The zero-order valence-corrected chi connectivity index (χ0v) is 13.4. The van der Waals surface area contributed by atoms with Crippen molar-refractivity contribution in [3.05, 3.63) is 46.2 Å². The number of halogens is 1. The third kappa shape index (κ3) is 3.32. The van der Waals surface area contributed by atoms with E-state index in [9.17, 15) is 8.42 Å². The summed E-state index contributed by atoms with van der Waals surface area (Å²) in [6, 6.07) is 7.51. The molecule has 2 rings (SSSR count). The number of nitrogens with one attached hydrogen (secondary N) is 1. The van der Waals surface area contributed by atoms with Crippen molar-refractivity contribution in [3.63, 3.8) is 0 Å². The van der Waals surface area contributed by atoms with Crippen LogP contribution in [-0.4, -0.2) is 13.4 Å². The topological polar surface area (TPSA) is 109 Å². The molecule has 1 heterocycles. The van der Waals surface area contributed by atoms with Crippen molar-refractivity contribution in [1.82, 2.24) is 4.98 Å². The van der Waals surface area contributed by atoms with E-state index < -0.39 is 10.0 Å². The van der Waals surface area contributed by atoms with Gasteiger partial charge in [-0.25, -0.2) is 13.4 Å². The number of hydrogen-bond donors (Lipinski definition) is 2. The number of aromatic nitrogens is 1. The van der Waals surface area contributed by atoms with Crippen molar-refractivity contribution in [2.24, 2.45) is 0 Å². The maximum absolute atomic E-state index is 12.3. The summed E-state index contributed by atoms with van der Waals surface area (Å²) in [5.74, 6) is 0. The molecule has 0 amide bonds. The number of aryl methyl sites for hydroxylation is 1. The molecule has 0 unspecified atom stereocenters. The molecule has 0 bridgehead atoms. The monoisotopic (exact) mass is 366 g/mol. The SMILES string of the molecule is Cc1cc(NS(=O)(=O)c2ccc(N)cc2C#N)cnc1Br. The van der Waals surface area contributed by atoms with E-state index in [0.717, 1.165) is 5.56 Å². The van der Waals surface area contributed by atoms with Gasteiger partial charge in [-0.2, -0.15) is 5.26 Å². The van der Waals surface area contributed by atoms with Crippen molar-refractivity contribution in [2.45, 2.75) is 11.8 Å². The number of rotatable bonds is 3. The molecule has 0 saturated heterocycles. The molecule has 3 N–H and O–H groups in total. The van der Waals surface area contributed by atoms with Crippen LogP contribution in [0, 0.1) is 18.3 Å². The summed E-state index contributed by atoms with van der Waals surface area (Å²) in [6.45, 7) is 1.79. The van der Waals surface area contributed by atoms with Gasteiger partial charge in [0.05, 0.1) is 17.4 Å². The Morgan fingerprint density at radius 1 is 1.38 bits per heavy atom. The van der Waals surface area contributed by atoms with Gasteiger partial charge in [0.15, 0.2) is 0 Å². The second-order valence-electron chi connectivity index (χ2n) is 4.30. The van der Waals surface area contributed by atoms with Crippen molar-refractivity contribution in [1.29, 1.82) is 5.26 Å². The molecule has 6 nitrogen and oxygen atoms in total. The normalized spacial score (nSPS) is 10.9. The van der Waals surface area contributed by atoms with Crippen LogP contribution in [0.15, 0.2) is 40.0 Å². The third-order valence-electron chi connectivity index (χ3n) is 2.68. The number of sulfonamides is 1. The predicted octanol–water partition coefficient (Wildman–Crippen LogP) is 2.41. The summed E-state index contributed by atoms with van der Waals surface area (Å²) < 4.78 is 27.7. The molecular formula is C13H11BrN4O2S. The van der Waals surface area contributed by atoms with Gasteiger partial charge in [0.25, 0.3) is 10.0 Å². The summed E-state index contributed by atoms with van der Waals surface area (Å²) >= 11 is 3.24. The standard InChI is InChI=1S/C13H11BrN4O2S/c1-8-4-11(7-17-13(8)14)18-21(19,20)12-3-2-10(16)5-9(12)6-15/h2-5,7,18H,16H2,1H3. The lowest BCUT2D eigenvalue weighted by Gasteiger charge is -2.10. The van der Waals surface area contributed by atoms with Gasteiger partial charge in [0, 0.05) is 5.69 Å². The van der Waals surface area contributed by atoms with Gasteiger partial charge >= 0.3 is 0 Å². The summed E-state index contributed by atoms with van der Waals surface area (Å²) in [5.41, 5.74) is 6.97. The minimum absolute atomic E-state index is 0.00991. The van der Waals surface area contributed by atoms with Crippen molar-refractivity contribution < 1.29 is 8.42 Å². The lowest BCUT2D eigenvalue weighted by atomic mass is 10.2. The number of anilines is 2. The van der Waals surface area contributed by atoms with E-state index >= 15 is 0 Å². The van der Waals surface area contributed by atoms with E-state index in [1.54, 1.807) is 13.0 Å². The molecule has 0 aliphatic heterocycles. The highest BCUT2D eigenvalue weighted by atomic mass is 79.9. The molecule has 1 aromatic heterocycles. The molecule has 2 aromatic rings.